The van der Waals surface area contributed by atoms with Crippen molar-refractivity contribution >= 4 is 17.5 Å². The molecule has 2 aromatic rings. The highest BCUT2D eigenvalue weighted by Gasteiger charge is 2.22. The van der Waals surface area contributed by atoms with Crippen molar-refractivity contribution < 1.29 is 9.59 Å². The van der Waals surface area contributed by atoms with E-state index in [1.54, 1.807) is 29.2 Å². The first kappa shape index (κ1) is 15.8. The summed E-state index contributed by atoms with van der Waals surface area (Å²) in [4.78, 5) is 26.2. The molecule has 0 spiro atoms. The minimum atomic E-state index is -0.401. The van der Waals surface area contributed by atoms with E-state index in [2.05, 4.69) is 11.4 Å². The summed E-state index contributed by atoms with van der Waals surface area (Å²) in [5.74, 6) is -0.599. The Morgan fingerprint density at radius 1 is 1.08 bits per heavy atom. The second-order valence-electron chi connectivity index (χ2n) is 5.72. The van der Waals surface area contributed by atoms with Crippen LogP contribution in [0.1, 0.15) is 23.1 Å². The Hall–Kier alpha value is -3.13. The fourth-order valence-electron chi connectivity index (χ4n) is 2.84. The monoisotopic (exact) mass is 319 g/mol. The number of anilines is 1. The summed E-state index contributed by atoms with van der Waals surface area (Å²) in [7, 11) is 0. The Kier molecular flexibility index (Phi) is 4.57. The summed E-state index contributed by atoms with van der Waals surface area (Å²) in [6, 6.07) is 16.8. The lowest BCUT2D eigenvalue weighted by Gasteiger charge is -2.28. The van der Waals surface area contributed by atoms with Gasteiger partial charge in [-0.3, -0.25) is 9.59 Å². The molecule has 5 heteroatoms. The van der Waals surface area contributed by atoms with Gasteiger partial charge in [-0.05, 0) is 29.7 Å². The highest BCUT2D eigenvalue weighted by atomic mass is 16.2. The fraction of sp³-hybridized carbons (Fsp3) is 0.211. The molecular weight excluding hydrogens is 302 g/mol. The molecule has 0 fully saturated rings. The Labute approximate surface area is 140 Å². The molecule has 5 nitrogen and oxygen atoms in total. The second kappa shape index (κ2) is 6.97. The first-order valence-corrected chi connectivity index (χ1v) is 7.81. The summed E-state index contributed by atoms with van der Waals surface area (Å²) < 4.78 is 0. The zero-order chi connectivity index (χ0) is 16.9. The van der Waals surface area contributed by atoms with Crippen LogP contribution in [-0.4, -0.2) is 23.3 Å². The summed E-state index contributed by atoms with van der Waals surface area (Å²) >= 11 is 0. The number of nitrogens with one attached hydrogen (secondary N) is 1. The van der Waals surface area contributed by atoms with Gasteiger partial charge in [-0.1, -0.05) is 36.4 Å². The van der Waals surface area contributed by atoms with Gasteiger partial charge in [0.05, 0.1) is 11.3 Å². The van der Waals surface area contributed by atoms with Crippen LogP contribution in [0.5, 0.6) is 0 Å². The normalized spacial score (nSPS) is 12.9. The van der Waals surface area contributed by atoms with E-state index < -0.39 is 5.91 Å². The zero-order valence-electron chi connectivity index (χ0n) is 13.2. The Morgan fingerprint density at radius 2 is 1.79 bits per heavy atom. The third-order valence-corrected chi connectivity index (χ3v) is 4.12. The van der Waals surface area contributed by atoms with Gasteiger partial charge in [-0.25, -0.2) is 0 Å². The van der Waals surface area contributed by atoms with Gasteiger partial charge in [-0.2, -0.15) is 5.26 Å². The van der Waals surface area contributed by atoms with Gasteiger partial charge >= 0.3 is 0 Å². The predicted octanol–water partition coefficient (Wildman–Crippen LogP) is 2.47. The second-order valence-corrected chi connectivity index (χ2v) is 5.72. The maximum Gasteiger partial charge on any atom is 0.233 e. The molecule has 0 aliphatic carbocycles. The molecular formula is C19H17N3O2. The molecule has 3 rings (SSSR count). The lowest BCUT2D eigenvalue weighted by atomic mass is 10.00. The van der Waals surface area contributed by atoms with Crippen LogP contribution in [0.15, 0.2) is 48.5 Å². The molecule has 1 aliphatic heterocycles. The lowest BCUT2D eigenvalue weighted by Crippen LogP contribution is -2.37. The average molecular weight is 319 g/mol. The Balaban J connectivity index is 1.61. The van der Waals surface area contributed by atoms with Crippen molar-refractivity contribution in [2.24, 2.45) is 0 Å². The SMILES string of the molecule is N#Cc1ccccc1NC(=O)CC(=O)N1CCc2ccccc2C1. The number of fused-ring (bicyclic) bond motifs is 1. The largest absolute Gasteiger partial charge is 0.338 e. The van der Waals surface area contributed by atoms with Crippen molar-refractivity contribution in [2.75, 3.05) is 11.9 Å². The van der Waals surface area contributed by atoms with Crippen LogP contribution in [0.25, 0.3) is 0 Å². The summed E-state index contributed by atoms with van der Waals surface area (Å²) in [6.45, 7) is 1.16. The molecule has 0 radical (unpaired) electrons. The Bertz CT molecular complexity index is 823. The molecule has 1 heterocycles. The maximum absolute atomic E-state index is 12.4. The minimum absolute atomic E-state index is 0.198. The minimum Gasteiger partial charge on any atom is -0.338 e. The van der Waals surface area contributed by atoms with Crippen LogP contribution < -0.4 is 5.32 Å². The highest BCUT2D eigenvalue weighted by molar-refractivity contribution is 6.04. The van der Waals surface area contributed by atoms with Crippen LogP contribution in [0.4, 0.5) is 5.69 Å². The summed E-state index contributed by atoms with van der Waals surface area (Å²) in [6.07, 6.45) is 0.586. The van der Waals surface area contributed by atoms with Crippen LogP contribution in [0.2, 0.25) is 0 Å². The number of hydrogen-bond donors (Lipinski definition) is 1. The van der Waals surface area contributed by atoms with Crippen LogP contribution in [0.3, 0.4) is 0 Å². The van der Waals surface area contributed by atoms with E-state index in [9.17, 15) is 9.59 Å². The smallest absolute Gasteiger partial charge is 0.233 e. The first-order chi connectivity index (χ1) is 11.7. The molecule has 2 aromatic carbocycles. The van der Waals surface area contributed by atoms with E-state index >= 15 is 0 Å². The molecule has 0 bridgehead atoms. The molecule has 0 aromatic heterocycles. The van der Waals surface area contributed by atoms with Crippen molar-refractivity contribution in [2.45, 2.75) is 19.4 Å². The predicted molar refractivity (Wildman–Crippen MR) is 90.0 cm³/mol. The van der Waals surface area contributed by atoms with Crippen LogP contribution in [-0.2, 0) is 22.6 Å². The van der Waals surface area contributed by atoms with Gasteiger partial charge in [-0.15, -0.1) is 0 Å². The third-order valence-electron chi connectivity index (χ3n) is 4.12. The number of carbonyl (C=O) groups excluding carboxylic acids is 2. The van der Waals surface area contributed by atoms with Crippen molar-refractivity contribution in [1.82, 2.24) is 4.90 Å². The molecule has 0 saturated heterocycles. The van der Waals surface area contributed by atoms with Gasteiger partial charge in [0.1, 0.15) is 12.5 Å². The molecule has 120 valence electrons. The topological polar surface area (TPSA) is 73.2 Å². The quantitative estimate of drug-likeness (QED) is 0.883. The standard InChI is InChI=1S/C19H17N3O2/c20-12-15-6-3-4-8-17(15)21-18(23)11-19(24)22-10-9-14-5-1-2-7-16(14)13-22/h1-8H,9-11,13H2,(H,21,23). The Morgan fingerprint density at radius 3 is 2.58 bits per heavy atom. The van der Waals surface area contributed by atoms with E-state index in [-0.39, 0.29) is 12.3 Å². The number of hydrogen-bond acceptors (Lipinski definition) is 3. The maximum atomic E-state index is 12.4. The zero-order valence-corrected chi connectivity index (χ0v) is 13.2. The number of para-hydroxylation sites is 1. The van der Waals surface area contributed by atoms with E-state index in [0.717, 1.165) is 12.0 Å². The summed E-state index contributed by atoms with van der Waals surface area (Å²) in [5.41, 5.74) is 3.20. The van der Waals surface area contributed by atoms with Crippen molar-refractivity contribution in [3.05, 3.63) is 65.2 Å². The van der Waals surface area contributed by atoms with Crippen LogP contribution in [0, 0.1) is 11.3 Å². The average Bonchev–Trinajstić information content (AvgIpc) is 2.61. The number of benzene rings is 2. The van der Waals surface area contributed by atoms with Gasteiger partial charge in [0.25, 0.3) is 0 Å². The number of carbonyl (C=O) groups is 2. The number of rotatable bonds is 3. The van der Waals surface area contributed by atoms with Crippen LogP contribution >= 0.6 is 0 Å². The van der Waals surface area contributed by atoms with Gasteiger partial charge < -0.3 is 10.2 Å². The van der Waals surface area contributed by atoms with Crippen molar-refractivity contribution in [3.63, 3.8) is 0 Å². The number of nitriles is 1. The molecule has 24 heavy (non-hydrogen) atoms. The third kappa shape index (κ3) is 3.44. The molecule has 0 unspecified atom stereocenters. The molecule has 2 amide bonds. The number of nitrogens with zero attached hydrogens (tertiary/aromatic N) is 2. The molecule has 0 atom stereocenters. The van der Waals surface area contributed by atoms with Crippen molar-refractivity contribution in [3.8, 4) is 6.07 Å². The van der Waals surface area contributed by atoms with E-state index in [4.69, 9.17) is 5.26 Å². The molecule has 1 N–H and O–H groups in total. The van der Waals surface area contributed by atoms with E-state index in [0.29, 0.717) is 24.3 Å². The lowest BCUT2D eigenvalue weighted by molar-refractivity contribution is -0.135. The highest BCUT2D eigenvalue weighted by Crippen LogP contribution is 2.19. The summed E-state index contributed by atoms with van der Waals surface area (Å²) in [5, 5.41) is 11.7. The molecule has 0 saturated carbocycles. The van der Waals surface area contributed by atoms with Gasteiger partial charge in [0.2, 0.25) is 11.8 Å². The fourth-order valence-corrected chi connectivity index (χ4v) is 2.84. The number of amides is 2. The van der Waals surface area contributed by atoms with Gasteiger partial charge in [0, 0.05) is 13.1 Å². The van der Waals surface area contributed by atoms with E-state index in [1.165, 1.54) is 5.56 Å². The van der Waals surface area contributed by atoms with Gasteiger partial charge in [0.15, 0.2) is 0 Å². The first-order valence-electron chi connectivity index (χ1n) is 7.81. The van der Waals surface area contributed by atoms with E-state index in [1.807, 2.05) is 24.3 Å². The molecule has 1 aliphatic rings. The van der Waals surface area contributed by atoms with Crippen molar-refractivity contribution in [1.29, 1.82) is 5.26 Å².